The second kappa shape index (κ2) is 6.43. The lowest BCUT2D eigenvalue weighted by Gasteiger charge is -2.09. The van der Waals surface area contributed by atoms with Crippen LogP contribution in [0.4, 0.5) is 5.69 Å². The predicted molar refractivity (Wildman–Crippen MR) is 94.7 cm³/mol. The van der Waals surface area contributed by atoms with Gasteiger partial charge in [-0.3, -0.25) is 14.7 Å². The number of nitrogens with two attached hydrogens (primary N) is 1. The molecule has 0 unspecified atom stereocenters. The molecule has 0 spiro atoms. The van der Waals surface area contributed by atoms with Gasteiger partial charge >= 0.3 is 0 Å². The highest BCUT2D eigenvalue weighted by atomic mass is 16.3. The summed E-state index contributed by atoms with van der Waals surface area (Å²) in [5.74, 6) is -1.05. The number of aromatic nitrogens is 2. The Hall–Kier alpha value is -3.09. The zero-order chi connectivity index (χ0) is 18.1. The van der Waals surface area contributed by atoms with Gasteiger partial charge in [-0.15, -0.1) is 0 Å². The van der Waals surface area contributed by atoms with E-state index in [4.69, 9.17) is 10.2 Å². The summed E-state index contributed by atoms with van der Waals surface area (Å²) in [6.45, 7) is 5.89. The summed E-state index contributed by atoms with van der Waals surface area (Å²) in [5.41, 5.74) is 8.47. The van der Waals surface area contributed by atoms with Gasteiger partial charge in [0.15, 0.2) is 5.69 Å². The normalized spacial score (nSPS) is 11.2. The number of H-pyrrole nitrogens is 1. The van der Waals surface area contributed by atoms with E-state index in [0.29, 0.717) is 22.5 Å². The molecule has 0 saturated carbocycles. The van der Waals surface area contributed by atoms with Crippen molar-refractivity contribution in [1.29, 1.82) is 0 Å². The highest BCUT2D eigenvalue weighted by molar-refractivity contribution is 6.14. The molecule has 0 aliphatic carbocycles. The van der Waals surface area contributed by atoms with Crippen molar-refractivity contribution in [1.82, 2.24) is 10.2 Å². The number of fused-ring (bicyclic) bond motifs is 1. The Morgan fingerprint density at radius 2 is 2.12 bits per heavy atom. The number of anilines is 1. The highest BCUT2D eigenvalue weighted by Crippen LogP contribution is 2.28. The van der Waals surface area contributed by atoms with Crippen molar-refractivity contribution in [2.24, 2.45) is 5.73 Å². The van der Waals surface area contributed by atoms with Gasteiger partial charge in [0.05, 0.1) is 16.9 Å². The third-order valence-electron chi connectivity index (χ3n) is 4.13. The zero-order valence-corrected chi connectivity index (χ0v) is 14.3. The number of amides is 2. The molecule has 0 bridgehead atoms. The average Bonchev–Trinajstić information content (AvgIpc) is 3.17. The van der Waals surface area contributed by atoms with E-state index in [9.17, 15) is 9.59 Å². The molecule has 0 aliphatic heterocycles. The molecule has 0 fully saturated rings. The van der Waals surface area contributed by atoms with Crippen LogP contribution in [0.3, 0.4) is 0 Å². The number of furan rings is 1. The van der Waals surface area contributed by atoms with Crippen molar-refractivity contribution in [2.75, 3.05) is 5.32 Å². The van der Waals surface area contributed by atoms with E-state index < -0.39 is 5.91 Å². The molecule has 7 heteroatoms. The van der Waals surface area contributed by atoms with E-state index in [-0.39, 0.29) is 17.5 Å². The van der Waals surface area contributed by atoms with E-state index in [0.717, 1.165) is 17.4 Å². The molecule has 2 aromatic heterocycles. The number of primary amides is 1. The molecule has 2 heterocycles. The van der Waals surface area contributed by atoms with Crippen LogP contribution in [0.15, 0.2) is 28.9 Å². The Morgan fingerprint density at radius 3 is 2.76 bits per heavy atom. The fourth-order valence-electron chi connectivity index (χ4n) is 2.73. The van der Waals surface area contributed by atoms with Crippen molar-refractivity contribution in [3.63, 3.8) is 0 Å². The number of aryl methyl sites for hydroxylation is 1. The first-order chi connectivity index (χ1) is 11.9. The summed E-state index contributed by atoms with van der Waals surface area (Å²) < 4.78 is 5.47. The van der Waals surface area contributed by atoms with E-state index in [1.807, 2.05) is 39.0 Å². The van der Waals surface area contributed by atoms with Crippen LogP contribution in [-0.2, 0) is 6.42 Å². The fourth-order valence-corrected chi connectivity index (χ4v) is 2.73. The maximum Gasteiger partial charge on any atom is 0.271 e. The molecule has 2 amide bonds. The molecule has 3 aromatic rings. The first kappa shape index (κ1) is 16.8. The molecule has 4 N–H and O–H groups in total. The summed E-state index contributed by atoms with van der Waals surface area (Å²) in [5, 5.41) is 10.2. The van der Waals surface area contributed by atoms with Crippen molar-refractivity contribution in [3.8, 4) is 0 Å². The van der Waals surface area contributed by atoms with Gasteiger partial charge in [-0.1, -0.05) is 26.8 Å². The predicted octanol–water partition coefficient (Wildman–Crippen LogP) is 3.19. The highest BCUT2D eigenvalue weighted by Gasteiger charge is 2.23. The van der Waals surface area contributed by atoms with Gasteiger partial charge in [0.1, 0.15) is 11.8 Å². The van der Waals surface area contributed by atoms with Crippen molar-refractivity contribution >= 4 is 28.5 Å². The quantitative estimate of drug-likeness (QED) is 0.661. The molecular weight excluding hydrogens is 320 g/mol. The van der Waals surface area contributed by atoms with Gasteiger partial charge < -0.3 is 15.5 Å². The number of aromatic amines is 1. The Labute approximate surface area is 144 Å². The molecular formula is C18H20N4O3. The van der Waals surface area contributed by atoms with E-state index in [2.05, 4.69) is 15.5 Å². The van der Waals surface area contributed by atoms with Crippen LogP contribution in [0.1, 0.15) is 58.8 Å². The molecule has 25 heavy (non-hydrogen) atoms. The van der Waals surface area contributed by atoms with E-state index in [1.165, 1.54) is 6.26 Å². The monoisotopic (exact) mass is 340 g/mol. The molecule has 0 radical (unpaired) electrons. The Bertz CT molecular complexity index is 953. The summed E-state index contributed by atoms with van der Waals surface area (Å²) in [6.07, 6.45) is 2.27. The fraction of sp³-hybridized carbons (Fsp3) is 0.278. The molecule has 1 aromatic carbocycles. The molecule has 3 rings (SSSR count). The van der Waals surface area contributed by atoms with E-state index in [1.54, 1.807) is 0 Å². The Balaban J connectivity index is 2.01. The minimum absolute atomic E-state index is 0.0131. The Morgan fingerprint density at radius 1 is 1.36 bits per heavy atom. The lowest BCUT2D eigenvalue weighted by molar-refractivity contribution is 0.0996. The lowest BCUT2D eigenvalue weighted by atomic mass is 10.1. The minimum Gasteiger partial charge on any atom is -0.463 e. The molecule has 130 valence electrons. The van der Waals surface area contributed by atoms with E-state index >= 15 is 0 Å². The van der Waals surface area contributed by atoms with Crippen LogP contribution in [-0.4, -0.2) is 22.0 Å². The van der Waals surface area contributed by atoms with Gasteiger partial charge in [-0.25, -0.2) is 0 Å². The van der Waals surface area contributed by atoms with Crippen LogP contribution in [0.5, 0.6) is 0 Å². The number of carbonyl (C=O) groups is 2. The Kier molecular flexibility index (Phi) is 4.31. The number of nitrogens with one attached hydrogen (secondary N) is 2. The average molecular weight is 340 g/mol. The first-order valence-corrected chi connectivity index (χ1v) is 8.11. The third kappa shape index (κ3) is 3.00. The number of nitrogens with zero attached hydrogens (tertiary/aromatic N) is 1. The van der Waals surface area contributed by atoms with Crippen LogP contribution < -0.4 is 11.1 Å². The number of benzene rings is 1. The van der Waals surface area contributed by atoms with Crippen LogP contribution in [0, 0.1) is 0 Å². The number of carbonyl (C=O) groups excluding carboxylic acids is 2. The van der Waals surface area contributed by atoms with Crippen molar-refractivity contribution in [3.05, 3.63) is 47.0 Å². The molecule has 7 nitrogen and oxygen atoms in total. The van der Waals surface area contributed by atoms with Gasteiger partial charge in [0.2, 0.25) is 0 Å². The molecule has 0 aliphatic rings. The van der Waals surface area contributed by atoms with Gasteiger partial charge in [0.25, 0.3) is 11.8 Å². The van der Waals surface area contributed by atoms with Crippen LogP contribution >= 0.6 is 0 Å². The standard InChI is InChI=1S/C18H20N4O3/c1-4-10-5-6-13-11(7-10)12(8-25-13)18(24)20-15-14(9(2)3)21-22-16(15)17(19)23/h5-9H,4H2,1-3H3,(H2,19,23)(H,20,24)(H,21,22). The lowest BCUT2D eigenvalue weighted by Crippen LogP contribution is -2.18. The molecule has 0 saturated heterocycles. The van der Waals surface area contributed by atoms with Gasteiger partial charge in [0, 0.05) is 5.39 Å². The summed E-state index contributed by atoms with van der Waals surface area (Å²) >= 11 is 0. The summed E-state index contributed by atoms with van der Waals surface area (Å²) in [7, 11) is 0. The zero-order valence-electron chi connectivity index (χ0n) is 14.3. The SMILES string of the molecule is CCc1ccc2occ(C(=O)Nc3c(C(N)=O)n[nH]c3C(C)C)c2c1. The molecule has 0 atom stereocenters. The third-order valence-corrected chi connectivity index (χ3v) is 4.13. The summed E-state index contributed by atoms with van der Waals surface area (Å²) in [6, 6.07) is 5.74. The number of hydrogen-bond acceptors (Lipinski definition) is 4. The number of rotatable bonds is 5. The van der Waals surface area contributed by atoms with Crippen LogP contribution in [0.25, 0.3) is 11.0 Å². The smallest absolute Gasteiger partial charge is 0.271 e. The largest absolute Gasteiger partial charge is 0.463 e. The van der Waals surface area contributed by atoms with Crippen molar-refractivity contribution in [2.45, 2.75) is 33.1 Å². The van der Waals surface area contributed by atoms with Crippen LogP contribution in [0.2, 0.25) is 0 Å². The summed E-state index contributed by atoms with van der Waals surface area (Å²) in [4.78, 5) is 24.4. The second-order valence-electron chi connectivity index (χ2n) is 6.17. The topological polar surface area (TPSA) is 114 Å². The van der Waals surface area contributed by atoms with Gasteiger partial charge in [-0.05, 0) is 30.0 Å². The maximum absolute atomic E-state index is 12.8. The van der Waals surface area contributed by atoms with Crippen molar-refractivity contribution < 1.29 is 14.0 Å². The maximum atomic E-state index is 12.8. The number of hydrogen-bond donors (Lipinski definition) is 3. The minimum atomic E-state index is -0.705. The first-order valence-electron chi connectivity index (χ1n) is 8.11. The second-order valence-corrected chi connectivity index (χ2v) is 6.17. The van der Waals surface area contributed by atoms with Gasteiger partial charge in [-0.2, -0.15) is 5.10 Å².